The van der Waals surface area contributed by atoms with Crippen molar-refractivity contribution in [1.29, 1.82) is 0 Å². The molecule has 114 valence electrons. The summed E-state index contributed by atoms with van der Waals surface area (Å²) in [5, 5.41) is 22.7. The van der Waals surface area contributed by atoms with Gasteiger partial charge in [0.2, 0.25) is 11.6 Å². The number of alkyl halides is 1. The molecule has 0 aliphatic carbocycles. The topological polar surface area (TPSA) is 128 Å². The third-order valence-electron chi connectivity index (χ3n) is 3.36. The molecule has 1 aliphatic heterocycles. The summed E-state index contributed by atoms with van der Waals surface area (Å²) in [5.41, 5.74) is 6.07. The van der Waals surface area contributed by atoms with Gasteiger partial charge in [0.15, 0.2) is 6.17 Å². The Morgan fingerprint density at radius 1 is 1.57 bits per heavy atom. The van der Waals surface area contributed by atoms with Crippen LogP contribution < -0.4 is 10.5 Å². The molecular formula is C11H14FN5O4. The van der Waals surface area contributed by atoms with Crippen LogP contribution >= 0.6 is 0 Å². The number of anilines is 1. The van der Waals surface area contributed by atoms with Gasteiger partial charge in [0.1, 0.15) is 18.3 Å². The Morgan fingerprint density at radius 3 is 2.95 bits per heavy atom. The van der Waals surface area contributed by atoms with Crippen molar-refractivity contribution >= 4 is 11.6 Å². The van der Waals surface area contributed by atoms with E-state index in [0.29, 0.717) is 0 Å². The highest BCUT2D eigenvalue weighted by Crippen LogP contribution is 2.36. The molecule has 1 saturated heterocycles. The van der Waals surface area contributed by atoms with Crippen molar-refractivity contribution in [2.24, 2.45) is 0 Å². The van der Waals surface area contributed by atoms with Crippen molar-refractivity contribution in [1.82, 2.24) is 19.6 Å². The van der Waals surface area contributed by atoms with Gasteiger partial charge in [-0.3, -0.25) is 0 Å². The summed E-state index contributed by atoms with van der Waals surface area (Å²) in [5.74, 6) is 0.0627. The van der Waals surface area contributed by atoms with Gasteiger partial charge in [-0.25, -0.2) is 13.9 Å². The quantitative estimate of drug-likeness (QED) is 0.648. The molecule has 4 N–H and O–H groups in total. The number of aromatic nitrogens is 4. The van der Waals surface area contributed by atoms with E-state index in [2.05, 4.69) is 15.1 Å². The zero-order valence-electron chi connectivity index (χ0n) is 11.0. The number of aliphatic hydroxyl groups excluding tert-OH is 2. The van der Waals surface area contributed by atoms with Crippen LogP contribution in [0.5, 0.6) is 5.88 Å². The fraction of sp³-hybridized carbons (Fsp3) is 0.545. The maximum Gasteiger partial charge on any atom is 0.262 e. The minimum atomic E-state index is -1.72. The molecule has 3 rings (SSSR count). The van der Waals surface area contributed by atoms with E-state index in [1.54, 1.807) is 0 Å². The lowest BCUT2D eigenvalue weighted by atomic mass is 10.1. The molecule has 1 unspecified atom stereocenters. The van der Waals surface area contributed by atoms with Crippen LogP contribution in [-0.4, -0.2) is 61.9 Å². The monoisotopic (exact) mass is 299 g/mol. The van der Waals surface area contributed by atoms with Crippen molar-refractivity contribution < 1.29 is 24.1 Å². The van der Waals surface area contributed by atoms with Crippen LogP contribution in [0.3, 0.4) is 0 Å². The fourth-order valence-corrected chi connectivity index (χ4v) is 2.33. The Bertz CT molecular complexity index is 665. The Balaban J connectivity index is 2.07. The van der Waals surface area contributed by atoms with Crippen LogP contribution in [0.15, 0.2) is 6.20 Å². The molecule has 0 saturated carbocycles. The molecule has 9 nitrogen and oxygen atoms in total. The number of rotatable bonds is 3. The first kappa shape index (κ1) is 13.9. The van der Waals surface area contributed by atoms with Gasteiger partial charge in [0, 0.05) is 0 Å². The van der Waals surface area contributed by atoms with E-state index in [4.69, 9.17) is 20.3 Å². The Kier molecular flexibility index (Phi) is 3.35. The average Bonchev–Trinajstić information content (AvgIpc) is 3.01. The van der Waals surface area contributed by atoms with Gasteiger partial charge in [-0.2, -0.15) is 4.98 Å². The largest absolute Gasteiger partial charge is 0.478 e. The van der Waals surface area contributed by atoms with E-state index in [-0.39, 0.29) is 23.2 Å². The average molecular weight is 299 g/mol. The zero-order valence-corrected chi connectivity index (χ0v) is 11.0. The molecule has 1 fully saturated rings. The lowest BCUT2D eigenvalue weighted by Crippen LogP contribution is -2.30. The Labute approximate surface area is 118 Å². The van der Waals surface area contributed by atoms with Crippen LogP contribution in [-0.2, 0) is 4.74 Å². The first-order valence-corrected chi connectivity index (χ1v) is 6.20. The zero-order chi connectivity index (χ0) is 15.1. The van der Waals surface area contributed by atoms with Crippen LogP contribution in [0, 0.1) is 0 Å². The molecule has 3 heterocycles. The van der Waals surface area contributed by atoms with Gasteiger partial charge < -0.3 is 25.4 Å². The number of nitrogens with zero attached hydrogens (tertiary/aromatic N) is 4. The molecule has 21 heavy (non-hydrogen) atoms. The smallest absolute Gasteiger partial charge is 0.262 e. The fourth-order valence-electron chi connectivity index (χ4n) is 2.33. The molecule has 0 aromatic carbocycles. The van der Waals surface area contributed by atoms with Gasteiger partial charge in [0.25, 0.3) is 5.88 Å². The molecule has 2 aromatic rings. The first-order valence-electron chi connectivity index (χ1n) is 6.20. The molecular weight excluding hydrogens is 285 g/mol. The molecule has 0 amide bonds. The van der Waals surface area contributed by atoms with Gasteiger partial charge in [0.05, 0.1) is 25.6 Å². The maximum atomic E-state index is 14.2. The molecule has 0 bridgehead atoms. The second-order valence-electron chi connectivity index (χ2n) is 4.61. The van der Waals surface area contributed by atoms with E-state index in [1.165, 1.54) is 17.8 Å². The molecule has 10 heteroatoms. The highest BCUT2D eigenvalue weighted by atomic mass is 19.1. The highest BCUT2D eigenvalue weighted by molar-refractivity contribution is 5.51. The lowest BCUT2D eigenvalue weighted by molar-refractivity contribution is -0.0241. The minimum absolute atomic E-state index is 0.0775. The third-order valence-corrected chi connectivity index (χ3v) is 3.36. The van der Waals surface area contributed by atoms with E-state index < -0.39 is 31.1 Å². The number of halogens is 1. The van der Waals surface area contributed by atoms with Crippen LogP contribution in [0.2, 0.25) is 0 Å². The van der Waals surface area contributed by atoms with Crippen molar-refractivity contribution in [3.63, 3.8) is 0 Å². The highest BCUT2D eigenvalue weighted by Gasteiger charge is 2.46. The molecule has 2 aromatic heterocycles. The van der Waals surface area contributed by atoms with Crippen LogP contribution in [0.25, 0.3) is 5.65 Å². The standard InChI is InChI=1S/C11H14FN5O4/c1-20-10-9-14-2-4(17(9)16-11(13)15-10)8-6(12)7(19)5(3-18)21-8/h2,5-8,18-19H,3H2,1H3,(H2,13,16)/t5-,6-,7-,8?/m1/s1. The van der Waals surface area contributed by atoms with Gasteiger partial charge in [-0.1, -0.05) is 0 Å². The number of aliphatic hydroxyl groups is 2. The third kappa shape index (κ3) is 2.07. The Hall–Kier alpha value is -2.04. The Morgan fingerprint density at radius 2 is 2.33 bits per heavy atom. The number of ether oxygens (including phenoxy) is 2. The van der Waals surface area contributed by atoms with Gasteiger partial charge in [-0.05, 0) is 0 Å². The van der Waals surface area contributed by atoms with E-state index in [9.17, 15) is 9.50 Å². The number of fused-ring (bicyclic) bond motifs is 1. The van der Waals surface area contributed by atoms with Crippen LogP contribution in [0.4, 0.5) is 10.3 Å². The molecule has 4 atom stereocenters. The second kappa shape index (κ2) is 5.06. The predicted molar refractivity (Wildman–Crippen MR) is 67.3 cm³/mol. The molecule has 1 aliphatic rings. The van der Waals surface area contributed by atoms with E-state index in [0.717, 1.165) is 0 Å². The SMILES string of the molecule is COc1nc(N)nn2c(C3O[C@H](CO)[C@@H](O)[C@H]3F)cnc12. The summed E-state index contributed by atoms with van der Waals surface area (Å²) in [7, 11) is 1.39. The summed E-state index contributed by atoms with van der Waals surface area (Å²) < 4.78 is 25.8. The number of imidazole rings is 1. The van der Waals surface area contributed by atoms with Crippen molar-refractivity contribution in [2.75, 3.05) is 19.5 Å². The summed E-state index contributed by atoms with van der Waals surface area (Å²) >= 11 is 0. The number of nitrogens with two attached hydrogens (primary N) is 1. The summed E-state index contributed by atoms with van der Waals surface area (Å²) in [6.07, 6.45) is -3.92. The van der Waals surface area contributed by atoms with Crippen LogP contribution in [0.1, 0.15) is 11.8 Å². The number of nitrogen functional groups attached to an aromatic ring is 1. The number of hydrogen-bond donors (Lipinski definition) is 3. The predicted octanol–water partition coefficient (Wildman–Crippen LogP) is -1.15. The van der Waals surface area contributed by atoms with Crippen molar-refractivity contribution in [3.05, 3.63) is 11.9 Å². The summed E-state index contributed by atoms with van der Waals surface area (Å²) in [6.45, 7) is -0.491. The second-order valence-corrected chi connectivity index (χ2v) is 4.61. The normalized spacial score (nSPS) is 29.1. The number of hydrogen-bond acceptors (Lipinski definition) is 8. The molecule has 0 radical (unpaired) electrons. The van der Waals surface area contributed by atoms with Crippen molar-refractivity contribution in [2.45, 2.75) is 24.5 Å². The molecule has 0 spiro atoms. The van der Waals surface area contributed by atoms with E-state index in [1.807, 2.05) is 0 Å². The van der Waals surface area contributed by atoms with Gasteiger partial charge in [-0.15, -0.1) is 5.10 Å². The first-order chi connectivity index (χ1) is 10.1. The van der Waals surface area contributed by atoms with E-state index >= 15 is 0 Å². The number of methoxy groups -OCH3 is 1. The lowest BCUT2D eigenvalue weighted by Gasteiger charge is -2.12. The van der Waals surface area contributed by atoms with Crippen molar-refractivity contribution in [3.8, 4) is 5.88 Å². The minimum Gasteiger partial charge on any atom is -0.478 e. The summed E-state index contributed by atoms with van der Waals surface area (Å²) in [6, 6.07) is 0. The van der Waals surface area contributed by atoms with Gasteiger partial charge >= 0.3 is 0 Å². The maximum absolute atomic E-state index is 14.2. The summed E-state index contributed by atoms with van der Waals surface area (Å²) in [4.78, 5) is 7.91.